The Balaban J connectivity index is 2.59. The molecule has 3 nitrogen and oxygen atoms in total. The lowest BCUT2D eigenvalue weighted by molar-refractivity contribution is -0.599. The molecule has 0 aromatic carbocycles. The molecule has 0 unspecified atom stereocenters. The van der Waals surface area contributed by atoms with Crippen LogP contribution in [0.4, 0.5) is 5.69 Å². The van der Waals surface area contributed by atoms with E-state index in [9.17, 15) is 0 Å². The largest absolute Gasteiger partial charge is 0.392 e. The van der Waals surface area contributed by atoms with Crippen molar-refractivity contribution >= 4 is 5.69 Å². The van der Waals surface area contributed by atoms with Crippen molar-refractivity contribution in [2.24, 2.45) is 0 Å². The molecule has 15 heavy (non-hydrogen) atoms. The van der Waals surface area contributed by atoms with E-state index in [1.54, 1.807) is 6.20 Å². The van der Waals surface area contributed by atoms with Gasteiger partial charge >= 0.3 is 5.82 Å². The van der Waals surface area contributed by atoms with Crippen molar-refractivity contribution in [3.8, 4) is 5.82 Å². The maximum atomic E-state index is 5.87. The van der Waals surface area contributed by atoms with E-state index in [0.717, 1.165) is 5.82 Å². The van der Waals surface area contributed by atoms with Crippen molar-refractivity contribution < 1.29 is 4.57 Å². The number of nitrogens with zero attached hydrogens (tertiary/aromatic N) is 2. The van der Waals surface area contributed by atoms with Gasteiger partial charge in [-0.15, -0.1) is 0 Å². The predicted molar refractivity (Wildman–Crippen MR) is 59.7 cm³/mol. The van der Waals surface area contributed by atoms with Gasteiger partial charge in [0.05, 0.1) is 12.4 Å². The molecule has 2 heterocycles. The van der Waals surface area contributed by atoms with E-state index in [0.29, 0.717) is 5.69 Å². The zero-order chi connectivity index (χ0) is 10.8. The van der Waals surface area contributed by atoms with Gasteiger partial charge in [-0.2, -0.15) is 0 Å². The minimum atomic E-state index is 0.688. The minimum Gasteiger partial charge on any atom is -0.392 e. The smallest absolute Gasteiger partial charge is 0.350 e. The Hall–Kier alpha value is -1.90. The van der Waals surface area contributed by atoms with Gasteiger partial charge in [-0.25, -0.2) is 4.57 Å². The quantitative estimate of drug-likeness (QED) is 0.710. The lowest BCUT2D eigenvalue weighted by Gasteiger charge is -2.01. The topological polar surface area (TPSA) is 42.8 Å². The first kappa shape index (κ1) is 9.65. The first-order chi connectivity index (χ1) is 7.16. The molecule has 0 aliphatic heterocycles. The molecule has 2 N–H and O–H groups in total. The Morgan fingerprint density at radius 2 is 1.87 bits per heavy atom. The number of anilines is 1. The summed E-state index contributed by atoms with van der Waals surface area (Å²) in [4.78, 5) is 4.27. The maximum Gasteiger partial charge on any atom is 0.350 e. The molecular formula is C12H14N3+. The fourth-order valence-electron chi connectivity index (χ4n) is 1.66. The number of aryl methyl sites for hydroxylation is 2. The first-order valence-electron chi connectivity index (χ1n) is 4.87. The van der Waals surface area contributed by atoms with Crippen molar-refractivity contribution in [3.05, 3.63) is 47.9 Å². The van der Waals surface area contributed by atoms with Gasteiger partial charge in [0.1, 0.15) is 11.9 Å². The molecule has 0 spiro atoms. The summed E-state index contributed by atoms with van der Waals surface area (Å²) >= 11 is 0. The summed E-state index contributed by atoms with van der Waals surface area (Å²) in [6, 6.07) is 5.81. The average molecular weight is 200 g/mol. The standard InChI is InChI=1S/C12H14N3/c1-9-6-10(2)8-15(7-9)12-11(13)4-3-5-14-12/h3-8H,13H2,1-2H3/q+1. The highest BCUT2D eigenvalue weighted by molar-refractivity contribution is 5.47. The molecule has 0 bridgehead atoms. The van der Waals surface area contributed by atoms with Crippen molar-refractivity contribution in [2.75, 3.05) is 5.73 Å². The van der Waals surface area contributed by atoms with Crippen LogP contribution in [0, 0.1) is 13.8 Å². The average Bonchev–Trinajstić information content (AvgIpc) is 2.16. The third-order valence-corrected chi connectivity index (χ3v) is 2.20. The van der Waals surface area contributed by atoms with E-state index in [1.165, 1.54) is 11.1 Å². The number of pyridine rings is 2. The molecule has 0 radical (unpaired) electrons. The second kappa shape index (κ2) is 3.69. The summed E-state index contributed by atoms with van der Waals surface area (Å²) in [5.74, 6) is 0.782. The number of hydrogen-bond acceptors (Lipinski definition) is 2. The van der Waals surface area contributed by atoms with Crippen LogP contribution in [0.15, 0.2) is 36.8 Å². The molecular weight excluding hydrogens is 186 g/mol. The number of hydrogen-bond donors (Lipinski definition) is 1. The van der Waals surface area contributed by atoms with Crippen molar-refractivity contribution in [1.29, 1.82) is 0 Å². The minimum absolute atomic E-state index is 0.688. The molecule has 2 aromatic heterocycles. The SMILES string of the molecule is Cc1cc(C)c[n+](-c2ncccc2N)c1. The molecule has 0 saturated carbocycles. The zero-order valence-electron chi connectivity index (χ0n) is 8.94. The number of aromatic nitrogens is 2. The van der Waals surface area contributed by atoms with E-state index < -0.39 is 0 Å². The van der Waals surface area contributed by atoms with Gasteiger partial charge in [-0.1, -0.05) is 0 Å². The lowest BCUT2D eigenvalue weighted by Crippen LogP contribution is -2.33. The summed E-state index contributed by atoms with van der Waals surface area (Å²) in [5.41, 5.74) is 8.95. The normalized spacial score (nSPS) is 10.3. The van der Waals surface area contributed by atoms with Crippen LogP contribution in [-0.2, 0) is 0 Å². The lowest BCUT2D eigenvalue weighted by atomic mass is 10.2. The molecule has 2 rings (SSSR count). The highest BCUT2D eigenvalue weighted by Gasteiger charge is 2.11. The van der Waals surface area contributed by atoms with Gasteiger partial charge in [0.15, 0.2) is 0 Å². The highest BCUT2D eigenvalue weighted by Crippen LogP contribution is 2.07. The van der Waals surface area contributed by atoms with Crippen molar-refractivity contribution in [2.45, 2.75) is 13.8 Å². The molecule has 0 amide bonds. The molecule has 0 atom stereocenters. The second-order valence-corrected chi connectivity index (χ2v) is 3.71. The zero-order valence-corrected chi connectivity index (χ0v) is 8.94. The Morgan fingerprint density at radius 3 is 2.47 bits per heavy atom. The third kappa shape index (κ3) is 1.96. The summed E-state index contributed by atoms with van der Waals surface area (Å²) in [6.07, 6.45) is 5.79. The van der Waals surface area contributed by atoms with Crippen LogP contribution in [0.25, 0.3) is 5.82 Å². The summed E-state index contributed by atoms with van der Waals surface area (Å²) in [6.45, 7) is 4.12. The fourth-order valence-corrected chi connectivity index (χ4v) is 1.66. The van der Waals surface area contributed by atoms with Crippen molar-refractivity contribution in [1.82, 2.24) is 4.98 Å². The van der Waals surface area contributed by atoms with Gasteiger partial charge in [-0.3, -0.25) is 0 Å². The van der Waals surface area contributed by atoms with Crippen LogP contribution in [0.5, 0.6) is 0 Å². The summed E-state index contributed by atoms with van der Waals surface area (Å²) in [5, 5.41) is 0. The number of nitrogen functional groups attached to an aromatic ring is 1. The highest BCUT2D eigenvalue weighted by atomic mass is 15.0. The van der Waals surface area contributed by atoms with Crippen LogP contribution in [-0.4, -0.2) is 4.98 Å². The third-order valence-electron chi connectivity index (χ3n) is 2.20. The monoisotopic (exact) mass is 200 g/mol. The van der Waals surface area contributed by atoms with Crippen LogP contribution in [0.3, 0.4) is 0 Å². The molecule has 0 aliphatic carbocycles. The van der Waals surface area contributed by atoms with Gasteiger partial charge < -0.3 is 5.73 Å². The molecule has 76 valence electrons. The van der Waals surface area contributed by atoms with Gasteiger partial charge in [-0.05, 0) is 48.2 Å². The van der Waals surface area contributed by atoms with E-state index in [-0.39, 0.29) is 0 Å². The second-order valence-electron chi connectivity index (χ2n) is 3.71. The first-order valence-corrected chi connectivity index (χ1v) is 4.87. The maximum absolute atomic E-state index is 5.87. The molecule has 3 heteroatoms. The summed E-state index contributed by atoms with van der Waals surface area (Å²) < 4.78 is 1.96. The van der Waals surface area contributed by atoms with Crippen LogP contribution >= 0.6 is 0 Å². The Morgan fingerprint density at radius 1 is 1.20 bits per heavy atom. The van der Waals surface area contributed by atoms with E-state index in [1.807, 2.05) is 29.1 Å². The summed E-state index contributed by atoms with van der Waals surface area (Å²) in [7, 11) is 0. The van der Waals surface area contributed by atoms with E-state index in [4.69, 9.17) is 5.73 Å². The Labute approximate surface area is 89.2 Å². The van der Waals surface area contributed by atoms with Crippen LogP contribution < -0.4 is 10.3 Å². The number of rotatable bonds is 1. The molecule has 0 saturated heterocycles. The van der Waals surface area contributed by atoms with Crippen LogP contribution in [0.1, 0.15) is 11.1 Å². The predicted octanol–water partition coefficient (Wildman–Crippen LogP) is 1.56. The van der Waals surface area contributed by atoms with E-state index >= 15 is 0 Å². The molecule has 0 fully saturated rings. The van der Waals surface area contributed by atoms with Gasteiger partial charge in [0, 0.05) is 0 Å². The van der Waals surface area contributed by atoms with Crippen molar-refractivity contribution in [3.63, 3.8) is 0 Å². The fraction of sp³-hybridized carbons (Fsp3) is 0.167. The van der Waals surface area contributed by atoms with Crippen LogP contribution in [0.2, 0.25) is 0 Å². The van der Waals surface area contributed by atoms with Gasteiger partial charge in [0.2, 0.25) is 0 Å². The Kier molecular flexibility index (Phi) is 2.37. The van der Waals surface area contributed by atoms with E-state index in [2.05, 4.69) is 24.9 Å². The molecule has 0 aliphatic rings. The van der Waals surface area contributed by atoms with Gasteiger partial charge in [0.25, 0.3) is 0 Å². The number of nitrogens with two attached hydrogens (primary N) is 1. The Bertz CT molecular complexity index is 472. The molecule has 2 aromatic rings.